The first kappa shape index (κ1) is 33.8. The quantitative estimate of drug-likeness (QED) is 0.122. The summed E-state index contributed by atoms with van der Waals surface area (Å²) >= 11 is 0.736. The molecule has 0 radical (unpaired) electrons. The van der Waals surface area contributed by atoms with Gasteiger partial charge in [-0.3, -0.25) is 19.2 Å². The van der Waals surface area contributed by atoms with Crippen LogP contribution in [0.15, 0.2) is 23.8 Å². The van der Waals surface area contributed by atoms with Crippen molar-refractivity contribution in [2.24, 2.45) is 28.6 Å². The molecule has 0 bridgehead atoms. The van der Waals surface area contributed by atoms with Crippen LogP contribution in [0.4, 0.5) is 0 Å². The van der Waals surface area contributed by atoms with Gasteiger partial charge in [0, 0.05) is 35.8 Å². The number of hydrogen-bond donors (Lipinski definition) is 3. The minimum atomic E-state index is -1.85. The summed E-state index contributed by atoms with van der Waals surface area (Å²) in [5, 5.41) is 34.7. The second-order valence-corrected chi connectivity index (χ2v) is 13.8. The molecule has 0 spiro atoms. The van der Waals surface area contributed by atoms with Crippen LogP contribution >= 0.6 is 11.8 Å². The number of nitrogens with one attached hydrogen (secondary N) is 1. The highest BCUT2D eigenvalue weighted by Crippen LogP contribution is 2.67. The maximum absolute atomic E-state index is 13.6. The van der Waals surface area contributed by atoms with E-state index in [9.17, 15) is 44.3 Å². The Balaban J connectivity index is 1.39. The molecule has 44 heavy (non-hydrogen) atoms. The standard InChI is InChI=1S/C30H40N2O11S/c1-17(33)31-22(16-44-25(37)5-4-12-43-32(40)41)27(38)42-15-24(36)30(39)11-9-21-20-7-6-18-13-19(34)8-10-28(18,2)26(20)23(35)14-29(21,30)3/h8,10,13,20-23,26,35,39H,4-7,9,11-12,14-16H2,1-3H3,(H,31,33). The first-order chi connectivity index (χ1) is 20.6. The number of Topliss-reactive ketones (excluding diaryl/α,β-unsaturated/α-hetero) is 1. The Hall–Kier alpha value is -3.10. The molecule has 8 unspecified atom stereocenters. The van der Waals surface area contributed by atoms with Gasteiger partial charge in [-0.25, -0.2) is 4.79 Å². The number of aliphatic hydroxyl groups is 2. The molecule has 13 nitrogen and oxygen atoms in total. The van der Waals surface area contributed by atoms with Gasteiger partial charge in [-0.1, -0.05) is 37.3 Å². The number of esters is 1. The molecule has 0 aromatic carbocycles. The molecule has 4 aliphatic carbocycles. The predicted octanol–water partition coefficient (Wildman–Crippen LogP) is 1.86. The summed E-state index contributed by atoms with van der Waals surface area (Å²) in [6.45, 7) is 4.04. The molecular weight excluding hydrogens is 596 g/mol. The zero-order valence-electron chi connectivity index (χ0n) is 25.1. The molecule has 0 aromatic heterocycles. The number of fused-ring (bicyclic) bond motifs is 5. The van der Waals surface area contributed by atoms with Crippen LogP contribution in [-0.2, 0) is 33.5 Å². The van der Waals surface area contributed by atoms with Crippen molar-refractivity contribution in [2.75, 3.05) is 19.0 Å². The third-order valence-corrected chi connectivity index (χ3v) is 11.3. The van der Waals surface area contributed by atoms with Gasteiger partial charge in [-0.05, 0) is 62.5 Å². The minimum absolute atomic E-state index is 0.0120. The van der Waals surface area contributed by atoms with Crippen LogP contribution in [-0.4, -0.2) is 80.6 Å². The van der Waals surface area contributed by atoms with E-state index < -0.39 is 57.9 Å². The van der Waals surface area contributed by atoms with Gasteiger partial charge in [0.1, 0.15) is 11.6 Å². The zero-order chi connectivity index (χ0) is 32.4. The number of thioether (sulfide) groups is 1. The molecule has 8 atom stereocenters. The third kappa shape index (κ3) is 6.47. The van der Waals surface area contributed by atoms with Crippen LogP contribution in [0.25, 0.3) is 0 Å². The van der Waals surface area contributed by atoms with Gasteiger partial charge in [0.25, 0.3) is 5.09 Å². The van der Waals surface area contributed by atoms with E-state index in [1.165, 1.54) is 6.92 Å². The van der Waals surface area contributed by atoms with E-state index in [0.29, 0.717) is 12.8 Å². The van der Waals surface area contributed by atoms with Crippen LogP contribution < -0.4 is 5.32 Å². The molecular formula is C30H40N2O11S. The van der Waals surface area contributed by atoms with Crippen LogP contribution in [0.5, 0.6) is 0 Å². The number of carbonyl (C=O) groups is 5. The van der Waals surface area contributed by atoms with Gasteiger partial charge in [0.05, 0.1) is 12.7 Å². The first-order valence-corrected chi connectivity index (χ1v) is 15.9. The monoisotopic (exact) mass is 636 g/mol. The Kier molecular flexibility index (Phi) is 10.1. The fraction of sp³-hybridized carbons (Fsp3) is 0.700. The van der Waals surface area contributed by atoms with Crippen molar-refractivity contribution >= 4 is 40.3 Å². The lowest BCUT2D eigenvalue weighted by Gasteiger charge is -2.59. The van der Waals surface area contributed by atoms with Gasteiger partial charge < -0.3 is 25.1 Å². The molecule has 3 saturated carbocycles. The zero-order valence-corrected chi connectivity index (χ0v) is 25.9. The number of aliphatic hydroxyl groups excluding tert-OH is 1. The average Bonchev–Trinajstić information content (AvgIpc) is 3.22. The Morgan fingerprint density at radius 3 is 2.66 bits per heavy atom. The Morgan fingerprint density at radius 2 is 1.98 bits per heavy atom. The second kappa shape index (κ2) is 13.1. The maximum atomic E-state index is 13.6. The number of hydrogen-bond acceptors (Lipinski definition) is 12. The van der Waals surface area contributed by atoms with Crippen molar-refractivity contribution in [2.45, 2.75) is 83.5 Å². The van der Waals surface area contributed by atoms with Crippen molar-refractivity contribution < 1.29 is 48.8 Å². The number of ketones is 2. The molecule has 0 saturated heterocycles. The molecule has 4 rings (SSSR count). The SMILES string of the molecule is CC(=O)NC(CSC(=O)CCCO[N+](=O)[O-])C(=O)OCC(=O)C1(O)CCC2C3CCC4=CC(=O)C=CC4(C)C3C(O)CC21C. The molecule has 3 fully saturated rings. The average molecular weight is 637 g/mol. The number of nitrogens with zero attached hydrogens (tertiary/aromatic N) is 1. The maximum Gasteiger partial charge on any atom is 0.329 e. The summed E-state index contributed by atoms with van der Waals surface area (Å²) < 4.78 is 5.26. The number of allylic oxidation sites excluding steroid dienone is 4. The first-order valence-electron chi connectivity index (χ1n) is 14.9. The largest absolute Gasteiger partial charge is 0.456 e. The van der Waals surface area contributed by atoms with Gasteiger partial charge in [-0.2, -0.15) is 0 Å². The van der Waals surface area contributed by atoms with E-state index >= 15 is 0 Å². The number of rotatable bonds is 12. The van der Waals surface area contributed by atoms with E-state index in [2.05, 4.69) is 10.2 Å². The lowest BCUT2D eigenvalue weighted by molar-refractivity contribution is -0.757. The second-order valence-electron chi connectivity index (χ2n) is 12.7. The van der Waals surface area contributed by atoms with Crippen LogP contribution in [0.1, 0.15) is 65.7 Å². The van der Waals surface area contributed by atoms with Crippen molar-refractivity contribution in [3.63, 3.8) is 0 Å². The van der Waals surface area contributed by atoms with Crippen LogP contribution in [0.3, 0.4) is 0 Å². The summed E-state index contributed by atoms with van der Waals surface area (Å²) in [5.41, 5.74) is -2.30. The van der Waals surface area contributed by atoms with E-state index in [-0.39, 0.29) is 66.7 Å². The minimum Gasteiger partial charge on any atom is -0.456 e. The van der Waals surface area contributed by atoms with Crippen molar-refractivity contribution in [1.29, 1.82) is 0 Å². The summed E-state index contributed by atoms with van der Waals surface area (Å²) in [6, 6.07) is -1.25. The van der Waals surface area contributed by atoms with Gasteiger partial charge in [0.15, 0.2) is 17.5 Å². The Bertz CT molecular complexity index is 1280. The molecule has 0 aromatic rings. The van der Waals surface area contributed by atoms with E-state index in [1.54, 1.807) is 12.2 Å². The topological polar surface area (TPSA) is 199 Å². The fourth-order valence-corrected chi connectivity index (χ4v) is 9.02. The van der Waals surface area contributed by atoms with Gasteiger partial charge in [-0.15, -0.1) is 10.1 Å². The Morgan fingerprint density at radius 1 is 1.25 bits per heavy atom. The van der Waals surface area contributed by atoms with Crippen LogP contribution in [0, 0.1) is 38.7 Å². The number of amides is 1. The summed E-state index contributed by atoms with van der Waals surface area (Å²) in [6.07, 6.45) is 6.59. The molecule has 242 valence electrons. The summed E-state index contributed by atoms with van der Waals surface area (Å²) in [5.74, 6) is -2.67. The summed E-state index contributed by atoms with van der Waals surface area (Å²) in [7, 11) is 0. The van der Waals surface area contributed by atoms with E-state index in [1.807, 2.05) is 19.9 Å². The third-order valence-electron chi connectivity index (χ3n) is 10.2. The smallest absolute Gasteiger partial charge is 0.329 e. The van der Waals surface area contributed by atoms with Crippen LogP contribution in [0.2, 0.25) is 0 Å². The van der Waals surface area contributed by atoms with Crippen molar-refractivity contribution in [3.05, 3.63) is 33.9 Å². The fourth-order valence-electron chi connectivity index (χ4n) is 8.16. The highest BCUT2D eigenvalue weighted by Gasteiger charge is 2.68. The lowest BCUT2D eigenvalue weighted by atomic mass is 9.46. The highest BCUT2D eigenvalue weighted by molar-refractivity contribution is 8.13. The molecule has 14 heteroatoms. The lowest BCUT2D eigenvalue weighted by Crippen LogP contribution is -2.61. The van der Waals surface area contributed by atoms with E-state index in [4.69, 9.17) is 4.74 Å². The normalized spacial score (nSPS) is 34.5. The molecule has 3 N–H and O–H groups in total. The molecule has 0 aliphatic heterocycles. The predicted molar refractivity (Wildman–Crippen MR) is 156 cm³/mol. The number of carbonyl (C=O) groups excluding carboxylic acids is 5. The highest BCUT2D eigenvalue weighted by atomic mass is 32.2. The molecule has 0 heterocycles. The van der Waals surface area contributed by atoms with Gasteiger partial charge in [0.2, 0.25) is 11.7 Å². The van der Waals surface area contributed by atoms with Gasteiger partial charge >= 0.3 is 5.97 Å². The summed E-state index contributed by atoms with van der Waals surface area (Å²) in [4.78, 5) is 76.7. The molecule has 4 aliphatic rings. The molecule has 1 amide bonds. The van der Waals surface area contributed by atoms with Crippen molar-refractivity contribution in [3.8, 4) is 0 Å². The Labute approximate surface area is 259 Å². The van der Waals surface area contributed by atoms with E-state index in [0.717, 1.165) is 23.8 Å². The number of ether oxygens (including phenoxy) is 1. The van der Waals surface area contributed by atoms with Crippen molar-refractivity contribution in [1.82, 2.24) is 5.32 Å².